The minimum absolute atomic E-state index is 0.167. The van der Waals surface area contributed by atoms with Gasteiger partial charge in [-0.15, -0.1) is 0 Å². The second kappa shape index (κ2) is 4.79. The van der Waals surface area contributed by atoms with Crippen LogP contribution in [0.3, 0.4) is 0 Å². The maximum atomic E-state index is 12.7. The molecule has 0 saturated heterocycles. The number of carbonyl (C=O) groups is 2. The molecule has 2 saturated carbocycles. The van der Waals surface area contributed by atoms with Crippen molar-refractivity contribution in [2.24, 2.45) is 21.7 Å². The van der Waals surface area contributed by atoms with Crippen molar-refractivity contribution in [3.05, 3.63) is 0 Å². The van der Waals surface area contributed by atoms with Gasteiger partial charge in [-0.25, -0.2) is 9.79 Å². The van der Waals surface area contributed by atoms with E-state index in [2.05, 4.69) is 25.8 Å². The molecule has 0 bridgehead atoms. The van der Waals surface area contributed by atoms with E-state index in [1.54, 1.807) is 14.2 Å². The number of hydrogen-bond donors (Lipinski definition) is 0. The largest absolute Gasteiger partial charge is 0.481 e. The van der Waals surface area contributed by atoms with Gasteiger partial charge in [0.05, 0.1) is 19.6 Å². The fourth-order valence-electron chi connectivity index (χ4n) is 4.31. The van der Waals surface area contributed by atoms with Crippen LogP contribution in [0.25, 0.3) is 0 Å². The molecule has 128 valence electrons. The standard InChI is InChI=1S/C17H25NO5/c1-14(2)15(3,10-21-4)6-7-17(14)12(22-5)18-16(13(20)23-17)8-11(16)9-19/h9,11H,6-8,10H2,1-5H3/t11-,15-,16+,17+/m0/s1. The van der Waals surface area contributed by atoms with Crippen molar-refractivity contribution in [3.8, 4) is 0 Å². The second-order valence-electron chi connectivity index (χ2n) is 7.83. The highest BCUT2D eigenvalue weighted by atomic mass is 16.6. The summed E-state index contributed by atoms with van der Waals surface area (Å²) in [5.41, 5.74) is -2.52. The zero-order valence-electron chi connectivity index (χ0n) is 14.5. The summed E-state index contributed by atoms with van der Waals surface area (Å²) >= 11 is 0. The normalized spacial score (nSPS) is 44.1. The van der Waals surface area contributed by atoms with E-state index in [4.69, 9.17) is 14.2 Å². The Morgan fingerprint density at radius 1 is 1.30 bits per heavy atom. The molecule has 0 aromatic heterocycles. The lowest BCUT2D eigenvalue weighted by atomic mass is 9.63. The average molecular weight is 323 g/mol. The maximum Gasteiger partial charge on any atom is 0.336 e. The first kappa shape index (κ1) is 16.4. The van der Waals surface area contributed by atoms with E-state index in [0.29, 0.717) is 25.3 Å². The van der Waals surface area contributed by atoms with Crippen LogP contribution < -0.4 is 0 Å². The maximum absolute atomic E-state index is 12.7. The third-order valence-corrected chi connectivity index (χ3v) is 6.62. The molecular weight excluding hydrogens is 298 g/mol. The Hall–Kier alpha value is -1.43. The molecule has 1 heterocycles. The fourth-order valence-corrected chi connectivity index (χ4v) is 4.31. The van der Waals surface area contributed by atoms with E-state index in [1.165, 1.54) is 0 Å². The molecule has 6 heteroatoms. The Bertz CT molecular complexity index is 586. The van der Waals surface area contributed by atoms with Crippen LogP contribution in [0, 0.1) is 16.7 Å². The highest BCUT2D eigenvalue weighted by Gasteiger charge is 2.73. The highest BCUT2D eigenvalue weighted by molar-refractivity contribution is 6.01. The molecule has 0 aromatic carbocycles. The SMILES string of the molecule is COC[C@]1(C)CC[C@]2(OC(=O)[C@]3(C[C@H]3C=O)N=C2OC)C1(C)C. The van der Waals surface area contributed by atoms with Gasteiger partial charge in [-0.2, -0.15) is 0 Å². The van der Waals surface area contributed by atoms with Crippen molar-refractivity contribution in [1.82, 2.24) is 0 Å². The van der Waals surface area contributed by atoms with Crippen molar-refractivity contribution in [3.63, 3.8) is 0 Å². The van der Waals surface area contributed by atoms with Gasteiger partial charge in [0.1, 0.15) is 6.29 Å². The van der Waals surface area contributed by atoms with Gasteiger partial charge in [-0.1, -0.05) is 20.8 Å². The smallest absolute Gasteiger partial charge is 0.336 e. The third kappa shape index (κ3) is 1.81. The number of aliphatic imine (C=N–C) groups is 1. The number of ether oxygens (including phenoxy) is 3. The van der Waals surface area contributed by atoms with Gasteiger partial charge >= 0.3 is 5.97 Å². The summed E-state index contributed by atoms with van der Waals surface area (Å²) in [6.45, 7) is 6.85. The molecule has 3 aliphatic rings. The molecule has 2 fully saturated rings. The van der Waals surface area contributed by atoms with Crippen LogP contribution in [0.1, 0.15) is 40.0 Å². The lowest BCUT2D eigenvalue weighted by Crippen LogP contribution is -2.60. The predicted molar refractivity (Wildman–Crippen MR) is 83.2 cm³/mol. The molecule has 2 aliphatic carbocycles. The van der Waals surface area contributed by atoms with Crippen LogP contribution in [0.5, 0.6) is 0 Å². The molecular formula is C17H25NO5. The van der Waals surface area contributed by atoms with Gasteiger partial charge in [0.2, 0.25) is 5.90 Å². The molecule has 1 aliphatic heterocycles. The van der Waals surface area contributed by atoms with E-state index in [-0.39, 0.29) is 5.41 Å². The van der Waals surface area contributed by atoms with Gasteiger partial charge in [-0.3, -0.25) is 0 Å². The monoisotopic (exact) mass is 323 g/mol. The Morgan fingerprint density at radius 2 is 2.00 bits per heavy atom. The molecule has 0 amide bonds. The lowest BCUT2D eigenvalue weighted by Gasteiger charge is -2.49. The van der Waals surface area contributed by atoms with E-state index in [9.17, 15) is 9.59 Å². The predicted octanol–water partition coefficient (Wildman–Crippen LogP) is 1.76. The summed E-state index contributed by atoms with van der Waals surface area (Å²) < 4.78 is 17.0. The quantitative estimate of drug-likeness (QED) is 0.584. The van der Waals surface area contributed by atoms with Crippen LogP contribution >= 0.6 is 0 Å². The van der Waals surface area contributed by atoms with Crippen molar-refractivity contribution in [2.45, 2.75) is 51.2 Å². The van der Waals surface area contributed by atoms with E-state index in [0.717, 1.165) is 12.7 Å². The van der Waals surface area contributed by atoms with Gasteiger partial charge in [0, 0.05) is 17.9 Å². The zero-order valence-corrected chi connectivity index (χ0v) is 14.5. The number of esters is 1. The van der Waals surface area contributed by atoms with Gasteiger partial charge in [-0.05, 0) is 19.3 Å². The molecule has 0 aromatic rings. The van der Waals surface area contributed by atoms with Crippen LogP contribution in [-0.2, 0) is 23.8 Å². The van der Waals surface area contributed by atoms with Gasteiger partial charge < -0.3 is 19.0 Å². The summed E-state index contributed by atoms with van der Waals surface area (Å²) in [6, 6.07) is 0. The molecule has 2 spiro atoms. The number of hydrogen-bond acceptors (Lipinski definition) is 6. The number of methoxy groups -OCH3 is 2. The summed E-state index contributed by atoms with van der Waals surface area (Å²) in [5, 5.41) is 0. The molecule has 3 rings (SSSR count). The molecule has 4 atom stereocenters. The molecule has 23 heavy (non-hydrogen) atoms. The molecule has 0 N–H and O–H groups in total. The summed E-state index contributed by atoms with van der Waals surface area (Å²) in [5.74, 6) is -0.358. The topological polar surface area (TPSA) is 74.2 Å². The minimum Gasteiger partial charge on any atom is -0.481 e. The summed E-state index contributed by atoms with van der Waals surface area (Å²) in [6.07, 6.45) is 2.67. The van der Waals surface area contributed by atoms with E-state index < -0.39 is 28.4 Å². The molecule has 0 unspecified atom stereocenters. The summed E-state index contributed by atoms with van der Waals surface area (Å²) in [4.78, 5) is 28.3. The van der Waals surface area contributed by atoms with Crippen molar-refractivity contribution >= 4 is 18.2 Å². The Labute approximate surface area is 136 Å². The van der Waals surface area contributed by atoms with Crippen LogP contribution in [0.2, 0.25) is 0 Å². The van der Waals surface area contributed by atoms with E-state index in [1.807, 2.05) is 0 Å². The first-order valence-corrected chi connectivity index (χ1v) is 8.05. The number of nitrogens with zero attached hydrogens (tertiary/aromatic N) is 1. The Morgan fingerprint density at radius 3 is 2.52 bits per heavy atom. The van der Waals surface area contributed by atoms with Gasteiger partial charge in [0.15, 0.2) is 11.1 Å². The number of aldehydes is 1. The van der Waals surface area contributed by atoms with Crippen LogP contribution in [0.4, 0.5) is 0 Å². The first-order chi connectivity index (χ1) is 10.7. The zero-order chi connectivity index (χ0) is 17.1. The van der Waals surface area contributed by atoms with Crippen molar-refractivity contribution < 1.29 is 23.8 Å². The van der Waals surface area contributed by atoms with Gasteiger partial charge in [0.25, 0.3) is 0 Å². The average Bonchev–Trinajstić information content (AvgIpc) is 3.18. The Kier molecular flexibility index (Phi) is 3.42. The summed E-state index contributed by atoms with van der Waals surface area (Å²) in [7, 11) is 3.23. The molecule has 0 radical (unpaired) electrons. The lowest BCUT2D eigenvalue weighted by molar-refractivity contribution is -0.174. The number of carbonyl (C=O) groups excluding carboxylic acids is 2. The second-order valence-corrected chi connectivity index (χ2v) is 7.83. The third-order valence-electron chi connectivity index (χ3n) is 6.62. The number of rotatable bonds is 3. The van der Waals surface area contributed by atoms with Crippen molar-refractivity contribution in [2.75, 3.05) is 20.8 Å². The highest BCUT2D eigenvalue weighted by Crippen LogP contribution is 2.63. The van der Waals surface area contributed by atoms with Crippen LogP contribution in [0.15, 0.2) is 4.99 Å². The van der Waals surface area contributed by atoms with Crippen molar-refractivity contribution in [1.29, 1.82) is 0 Å². The van der Waals surface area contributed by atoms with E-state index >= 15 is 0 Å². The first-order valence-electron chi connectivity index (χ1n) is 8.05. The minimum atomic E-state index is -1.05. The van der Waals surface area contributed by atoms with Crippen LogP contribution in [-0.4, -0.2) is 50.1 Å². The fraction of sp³-hybridized carbons (Fsp3) is 0.824. The molecule has 6 nitrogen and oxygen atoms in total. The Balaban J connectivity index is 2.06.